The molecule has 1 rings (SSSR count). The Kier molecular flexibility index (Phi) is 2.07. The van der Waals surface area contributed by atoms with Crippen LogP contribution in [-0.2, 0) is 9.47 Å². The summed E-state index contributed by atoms with van der Waals surface area (Å²) in [6, 6.07) is 0. The summed E-state index contributed by atoms with van der Waals surface area (Å²) in [5.74, 6) is -0.404. The van der Waals surface area contributed by atoms with E-state index >= 15 is 0 Å². The molecule has 0 aliphatic carbocycles. The molecule has 3 N–H and O–H groups in total. The van der Waals surface area contributed by atoms with Crippen molar-refractivity contribution < 1.29 is 19.5 Å². The number of hydrogen-bond acceptors (Lipinski definition) is 5. The van der Waals surface area contributed by atoms with Crippen molar-refractivity contribution >= 4 is 5.90 Å². The van der Waals surface area contributed by atoms with Gasteiger partial charge in [-0.3, -0.25) is 0 Å². The van der Waals surface area contributed by atoms with Crippen molar-refractivity contribution in [1.29, 1.82) is 0 Å². The van der Waals surface area contributed by atoms with Crippen LogP contribution in [0.25, 0.3) is 0 Å². The Bertz CT molecular complexity index is 259. The first-order chi connectivity index (χ1) is 5.63. The monoisotopic (exact) mass is 175 g/mol. The Hall–Kier alpha value is -1.47. The summed E-state index contributed by atoms with van der Waals surface area (Å²) in [5.41, 5.74) is 5.29. The first-order valence-electron chi connectivity index (χ1n) is 3.10. The van der Waals surface area contributed by atoms with Gasteiger partial charge in [-0.15, -0.1) is 0 Å². The van der Waals surface area contributed by atoms with E-state index in [0.29, 0.717) is 0 Å². The highest BCUT2D eigenvalue weighted by atomic mass is 16.7. The zero-order valence-corrected chi connectivity index (χ0v) is 6.66. The Balaban J connectivity index is 3.05. The molecule has 0 fully saturated rings. The standard InChI is InChI=1S/C5H9N3O4/c1-11-4-3(6)5(12-2)8(10)7(4)9/h7H,6H2,1-2H3. The Morgan fingerprint density at radius 1 is 1.42 bits per heavy atom. The summed E-state index contributed by atoms with van der Waals surface area (Å²) in [7, 11) is 2.51. The lowest BCUT2D eigenvalue weighted by Crippen LogP contribution is -3.08. The van der Waals surface area contributed by atoms with E-state index in [4.69, 9.17) is 5.73 Å². The van der Waals surface area contributed by atoms with Crippen LogP contribution in [0.2, 0.25) is 0 Å². The molecule has 0 aromatic carbocycles. The van der Waals surface area contributed by atoms with E-state index in [1.54, 1.807) is 0 Å². The van der Waals surface area contributed by atoms with Gasteiger partial charge in [-0.25, -0.2) is 0 Å². The molecule has 1 unspecified atom stereocenters. The minimum absolute atomic E-state index is 0.0498. The molecule has 1 aliphatic heterocycles. The number of quaternary nitrogens is 1. The number of methoxy groups -OCH3 is 2. The van der Waals surface area contributed by atoms with Crippen molar-refractivity contribution in [3.63, 3.8) is 0 Å². The number of hydroxylamine groups is 1. The minimum Gasteiger partial charge on any atom is -0.567 e. The first kappa shape index (κ1) is 8.62. The second kappa shape index (κ2) is 2.88. The maximum Gasteiger partial charge on any atom is 0.466 e. The highest BCUT2D eigenvalue weighted by molar-refractivity contribution is 5.89. The van der Waals surface area contributed by atoms with Crippen LogP contribution in [-0.4, -0.2) is 25.0 Å². The van der Waals surface area contributed by atoms with Gasteiger partial charge < -0.3 is 25.6 Å². The maximum absolute atomic E-state index is 11.0. The van der Waals surface area contributed by atoms with Gasteiger partial charge in [0.05, 0.1) is 14.2 Å². The highest BCUT2D eigenvalue weighted by Gasteiger charge is 2.38. The molecule has 0 amide bonds. The molecule has 0 aromatic rings. The zero-order valence-electron chi connectivity index (χ0n) is 6.66. The summed E-state index contributed by atoms with van der Waals surface area (Å²) < 4.78 is 9.19. The van der Waals surface area contributed by atoms with E-state index in [-0.39, 0.29) is 22.3 Å². The van der Waals surface area contributed by atoms with Gasteiger partial charge >= 0.3 is 11.8 Å². The number of ether oxygens (including phenoxy) is 2. The van der Waals surface area contributed by atoms with Crippen molar-refractivity contribution in [3.05, 3.63) is 22.0 Å². The van der Waals surface area contributed by atoms with E-state index in [1.165, 1.54) is 14.2 Å². The molecule has 1 heterocycles. The molecule has 1 aliphatic rings. The Labute approximate surface area is 68.4 Å². The van der Waals surface area contributed by atoms with Crippen molar-refractivity contribution in [2.24, 2.45) is 5.73 Å². The molecular weight excluding hydrogens is 166 g/mol. The normalized spacial score (nSPS) is 23.4. The fourth-order valence-electron chi connectivity index (χ4n) is 0.896. The molecule has 0 saturated heterocycles. The molecule has 1 atom stereocenters. The van der Waals surface area contributed by atoms with Crippen LogP contribution in [0.3, 0.4) is 0 Å². The Morgan fingerprint density at radius 3 is 2.25 bits per heavy atom. The second-order valence-corrected chi connectivity index (χ2v) is 2.06. The molecule has 0 aromatic heterocycles. The number of nitrogens with zero attached hydrogens (tertiary/aromatic N) is 1. The molecule has 68 valence electrons. The van der Waals surface area contributed by atoms with Gasteiger partial charge in [-0.2, -0.15) is 0 Å². The minimum atomic E-state index is -0.841. The van der Waals surface area contributed by atoms with Gasteiger partial charge in [0.15, 0.2) is 0 Å². The number of nitrogens with one attached hydrogen (secondary N) is 1. The summed E-state index contributed by atoms with van der Waals surface area (Å²) in [5, 5.41) is 21.0. The largest absolute Gasteiger partial charge is 0.567 e. The van der Waals surface area contributed by atoms with Gasteiger partial charge in [-0.1, -0.05) is 5.17 Å². The van der Waals surface area contributed by atoms with Gasteiger partial charge in [-0.05, 0) is 0 Å². The van der Waals surface area contributed by atoms with Crippen molar-refractivity contribution in [1.82, 2.24) is 0 Å². The summed E-state index contributed by atoms with van der Waals surface area (Å²) >= 11 is 0. The first-order valence-corrected chi connectivity index (χ1v) is 3.10. The van der Waals surface area contributed by atoms with Crippen LogP contribution in [0.5, 0.6) is 0 Å². The van der Waals surface area contributed by atoms with E-state index in [0.717, 1.165) is 0 Å². The lowest BCUT2D eigenvalue weighted by atomic mass is 10.5. The van der Waals surface area contributed by atoms with E-state index in [2.05, 4.69) is 9.47 Å². The smallest absolute Gasteiger partial charge is 0.466 e. The number of rotatable bonds is 1. The fraction of sp³-hybridized carbons (Fsp3) is 0.400. The van der Waals surface area contributed by atoms with E-state index in [1.807, 2.05) is 0 Å². The van der Waals surface area contributed by atoms with Crippen molar-refractivity contribution in [2.45, 2.75) is 0 Å². The second-order valence-electron chi connectivity index (χ2n) is 2.06. The quantitative estimate of drug-likeness (QED) is 0.343. The van der Waals surface area contributed by atoms with Crippen LogP contribution in [0.1, 0.15) is 0 Å². The summed E-state index contributed by atoms with van der Waals surface area (Å²) in [6.45, 7) is 0. The molecule has 0 spiro atoms. The van der Waals surface area contributed by atoms with Crippen LogP contribution < -0.4 is 10.9 Å². The highest BCUT2D eigenvalue weighted by Crippen LogP contribution is 2.00. The third-order valence-corrected chi connectivity index (χ3v) is 1.44. The fourth-order valence-corrected chi connectivity index (χ4v) is 0.896. The van der Waals surface area contributed by atoms with Gasteiger partial charge in [0, 0.05) is 4.85 Å². The van der Waals surface area contributed by atoms with Crippen molar-refractivity contribution in [2.75, 3.05) is 14.2 Å². The van der Waals surface area contributed by atoms with Crippen LogP contribution >= 0.6 is 0 Å². The molecule has 0 bridgehead atoms. The number of hydrogen-bond donors (Lipinski definition) is 2. The maximum atomic E-state index is 11.0. The lowest BCUT2D eigenvalue weighted by molar-refractivity contribution is -1.27. The molecule has 7 nitrogen and oxygen atoms in total. The molecule has 0 saturated carbocycles. The van der Waals surface area contributed by atoms with Crippen LogP contribution in [0, 0.1) is 10.4 Å². The van der Waals surface area contributed by atoms with Gasteiger partial charge in [0.25, 0.3) is 5.70 Å². The third kappa shape index (κ3) is 0.953. The third-order valence-electron chi connectivity index (χ3n) is 1.44. The van der Waals surface area contributed by atoms with Gasteiger partial charge in [0.1, 0.15) is 0 Å². The number of nitrogens with two attached hydrogens (primary N) is 1. The topological polar surface area (TPSA) is 98.0 Å². The molecular formula is C5H9N3O4. The van der Waals surface area contributed by atoms with E-state index < -0.39 is 5.17 Å². The molecule has 0 radical (unpaired) electrons. The SMILES string of the molecule is COC1=C(N)C(OC)=[N+]([O-])[NH+]1[O-]. The average molecular weight is 175 g/mol. The van der Waals surface area contributed by atoms with Crippen molar-refractivity contribution in [3.8, 4) is 0 Å². The van der Waals surface area contributed by atoms with Crippen LogP contribution in [0.4, 0.5) is 0 Å². The van der Waals surface area contributed by atoms with E-state index in [9.17, 15) is 10.4 Å². The van der Waals surface area contributed by atoms with Gasteiger partial charge in [0.2, 0.25) is 0 Å². The predicted octanol–water partition coefficient (Wildman–Crippen LogP) is -2.37. The lowest BCUT2D eigenvalue weighted by Gasteiger charge is -2.12. The Morgan fingerprint density at radius 2 is 2.00 bits per heavy atom. The molecule has 12 heavy (non-hydrogen) atoms. The molecule has 7 heteroatoms. The zero-order chi connectivity index (χ0) is 9.30. The van der Waals surface area contributed by atoms with Crippen LogP contribution in [0.15, 0.2) is 11.6 Å². The summed E-state index contributed by atoms with van der Waals surface area (Å²) in [6.07, 6.45) is 0. The predicted molar refractivity (Wildman–Crippen MR) is 38.2 cm³/mol. The summed E-state index contributed by atoms with van der Waals surface area (Å²) in [4.78, 5) is 0.0498. The average Bonchev–Trinajstić information content (AvgIpc) is 2.25.